The van der Waals surface area contributed by atoms with Gasteiger partial charge in [-0.1, -0.05) is 42.5 Å². The lowest BCUT2D eigenvalue weighted by molar-refractivity contribution is 0.548. The van der Waals surface area contributed by atoms with Gasteiger partial charge < -0.3 is 5.32 Å². The zero-order valence-corrected chi connectivity index (χ0v) is 12.0. The molecule has 102 valence electrons. The van der Waals surface area contributed by atoms with E-state index in [4.69, 9.17) is 0 Å². The van der Waals surface area contributed by atoms with Crippen molar-refractivity contribution in [1.29, 1.82) is 0 Å². The molecular weight excluding hydrogens is 242 g/mol. The summed E-state index contributed by atoms with van der Waals surface area (Å²) < 4.78 is 0. The fourth-order valence-corrected chi connectivity index (χ4v) is 3.22. The first-order valence-corrected chi connectivity index (χ1v) is 7.76. The summed E-state index contributed by atoms with van der Waals surface area (Å²) in [5, 5.41) is 3.67. The van der Waals surface area contributed by atoms with Gasteiger partial charge in [0.2, 0.25) is 0 Å². The third-order valence-corrected chi connectivity index (χ3v) is 4.73. The lowest BCUT2D eigenvalue weighted by atomic mass is 10.0. The van der Waals surface area contributed by atoms with Crippen molar-refractivity contribution in [3.63, 3.8) is 0 Å². The highest BCUT2D eigenvalue weighted by Gasteiger charge is 2.22. The molecule has 20 heavy (non-hydrogen) atoms. The second kappa shape index (κ2) is 4.75. The summed E-state index contributed by atoms with van der Waals surface area (Å²) in [4.78, 5) is 0. The number of benzene rings is 2. The smallest absolute Gasteiger partial charge is 0.0292 e. The van der Waals surface area contributed by atoms with Gasteiger partial charge >= 0.3 is 0 Å². The second-order valence-electron chi connectivity index (χ2n) is 6.32. The van der Waals surface area contributed by atoms with Crippen molar-refractivity contribution >= 4 is 0 Å². The Labute approximate surface area is 121 Å². The molecule has 0 amide bonds. The Hall–Kier alpha value is -1.60. The summed E-state index contributed by atoms with van der Waals surface area (Å²) >= 11 is 0. The van der Waals surface area contributed by atoms with Crippen LogP contribution in [0.5, 0.6) is 0 Å². The SMILES string of the molecule is CC(NCC1CC1)c1ccc2c(c1)Cc1ccccc1-2. The zero-order valence-electron chi connectivity index (χ0n) is 12.0. The Bertz CT molecular complexity index is 640. The first-order valence-electron chi connectivity index (χ1n) is 7.76. The quantitative estimate of drug-likeness (QED) is 0.739. The van der Waals surface area contributed by atoms with E-state index >= 15 is 0 Å². The van der Waals surface area contributed by atoms with Crippen molar-refractivity contribution in [2.45, 2.75) is 32.2 Å². The predicted octanol–water partition coefficient (Wildman–Crippen LogP) is 4.32. The van der Waals surface area contributed by atoms with Gasteiger partial charge in [0, 0.05) is 6.04 Å². The normalized spacial score (nSPS) is 17.6. The highest BCUT2D eigenvalue weighted by atomic mass is 14.9. The highest BCUT2D eigenvalue weighted by Crippen LogP contribution is 2.37. The summed E-state index contributed by atoms with van der Waals surface area (Å²) in [7, 11) is 0. The van der Waals surface area contributed by atoms with Gasteiger partial charge in [-0.2, -0.15) is 0 Å². The third-order valence-electron chi connectivity index (χ3n) is 4.73. The molecule has 1 nitrogen and oxygen atoms in total. The molecule has 0 aliphatic heterocycles. The van der Waals surface area contributed by atoms with Gasteiger partial charge in [-0.15, -0.1) is 0 Å². The van der Waals surface area contributed by atoms with E-state index < -0.39 is 0 Å². The molecule has 2 aliphatic rings. The van der Waals surface area contributed by atoms with Crippen LogP contribution in [0.15, 0.2) is 42.5 Å². The van der Waals surface area contributed by atoms with Crippen LogP contribution in [-0.4, -0.2) is 6.54 Å². The molecule has 2 aliphatic carbocycles. The minimum Gasteiger partial charge on any atom is -0.310 e. The maximum Gasteiger partial charge on any atom is 0.0292 e. The molecule has 1 heteroatoms. The number of nitrogens with one attached hydrogen (secondary N) is 1. The summed E-state index contributed by atoms with van der Waals surface area (Å²) in [6.07, 6.45) is 3.92. The number of hydrogen-bond donors (Lipinski definition) is 1. The summed E-state index contributed by atoms with van der Waals surface area (Å²) in [6.45, 7) is 3.46. The molecule has 1 unspecified atom stereocenters. The van der Waals surface area contributed by atoms with Gasteiger partial charge in [-0.25, -0.2) is 0 Å². The van der Waals surface area contributed by atoms with Crippen LogP contribution in [0.3, 0.4) is 0 Å². The van der Waals surface area contributed by atoms with Crippen LogP contribution < -0.4 is 5.32 Å². The van der Waals surface area contributed by atoms with E-state index in [0.29, 0.717) is 6.04 Å². The van der Waals surface area contributed by atoms with Crippen molar-refractivity contribution in [3.8, 4) is 11.1 Å². The Morgan fingerprint density at radius 1 is 1.05 bits per heavy atom. The molecule has 0 saturated heterocycles. The minimum atomic E-state index is 0.463. The van der Waals surface area contributed by atoms with Crippen molar-refractivity contribution < 1.29 is 0 Å². The number of rotatable bonds is 4. The maximum absolute atomic E-state index is 3.67. The molecule has 1 fully saturated rings. The van der Waals surface area contributed by atoms with E-state index in [2.05, 4.69) is 54.7 Å². The molecule has 1 saturated carbocycles. The Kier molecular flexibility index (Phi) is 2.89. The van der Waals surface area contributed by atoms with Crippen LogP contribution >= 0.6 is 0 Å². The Balaban J connectivity index is 1.58. The first-order chi connectivity index (χ1) is 9.81. The monoisotopic (exact) mass is 263 g/mol. The van der Waals surface area contributed by atoms with E-state index in [1.165, 1.54) is 47.2 Å². The van der Waals surface area contributed by atoms with Crippen LogP contribution in [0.1, 0.15) is 42.5 Å². The van der Waals surface area contributed by atoms with Gasteiger partial charge in [0.05, 0.1) is 0 Å². The second-order valence-corrected chi connectivity index (χ2v) is 6.32. The molecule has 0 spiro atoms. The summed E-state index contributed by atoms with van der Waals surface area (Å²) in [5.74, 6) is 0.941. The van der Waals surface area contributed by atoms with Crippen LogP contribution in [-0.2, 0) is 6.42 Å². The zero-order chi connectivity index (χ0) is 13.5. The Morgan fingerprint density at radius 2 is 1.85 bits per heavy atom. The molecule has 0 radical (unpaired) electrons. The van der Waals surface area contributed by atoms with Gasteiger partial charge in [0.1, 0.15) is 0 Å². The van der Waals surface area contributed by atoms with Crippen LogP contribution in [0, 0.1) is 5.92 Å². The standard InChI is InChI=1S/C19H21N/c1-13(20-12-14-6-7-14)15-8-9-19-17(10-15)11-16-4-2-3-5-18(16)19/h2-5,8-10,13-14,20H,6-7,11-12H2,1H3. The average molecular weight is 263 g/mol. The van der Waals surface area contributed by atoms with Crippen molar-refractivity contribution in [3.05, 3.63) is 59.2 Å². The van der Waals surface area contributed by atoms with E-state index in [1.807, 2.05) is 0 Å². The Morgan fingerprint density at radius 3 is 2.70 bits per heavy atom. The molecule has 0 heterocycles. The molecule has 0 bridgehead atoms. The fraction of sp³-hybridized carbons (Fsp3) is 0.368. The van der Waals surface area contributed by atoms with Gasteiger partial charge in [0.25, 0.3) is 0 Å². The fourth-order valence-electron chi connectivity index (χ4n) is 3.22. The van der Waals surface area contributed by atoms with Gasteiger partial charge in [0.15, 0.2) is 0 Å². The van der Waals surface area contributed by atoms with Crippen LogP contribution in [0.4, 0.5) is 0 Å². The van der Waals surface area contributed by atoms with E-state index in [9.17, 15) is 0 Å². The highest BCUT2D eigenvalue weighted by molar-refractivity contribution is 5.76. The number of fused-ring (bicyclic) bond motifs is 3. The predicted molar refractivity (Wildman–Crippen MR) is 83.8 cm³/mol. The van der Waals surface area contributed by atoms with Crippen LogP contribution in [0.25, 0.3) is 11.1 Å². The minimum absolute atomic E-state index is 0.463. The van der Waals surface area contributed by atoms with Crippen molar-refractivity contribution in [2.75, 3.05) is 6.54 Å². The lowest BCUT2D eigenvalue weighted by Gasteiger charge is -2.15. The molecule has 2 aromatic rings. The molecule has 1 atom stereocenters. The van der Waals surface area contributed by atoms with E-state index in [1.54, 1.807) is 0 Å². The molecule has 0 aromatic heterocycles. The number of hydrogen-bond acceptors (Lipinski definition) is 1. The maximum atomic E-state index is 3.67. The van der Waals surface area contributed by atoms with E-state index in [0.717, 1.165) is 12.3 Å². The topological polar surface area (TPSA) is 12.0 Å². The van der Waals surface area contributed by atoms with E-state index in [-0.39, 0.29) is 0 Å². The molecule has 1 N–H and O–H groups in total. The third kappa shape index (κ3) is 2.16. The lowest BCUT2D eigenvalue weighted by Crippen LogP contribution is -2.21. The van der Waals surface area contributed by atoms with Crippen LogP contribution in [0.2, 0.25) is 0 Å². The molecular formula is C19H21N. The van der Waals surface area contributed by atoms with Crippen molar-refractivity contribution in [2.24, 2.45) is 5.92 Å². The molecule has 2 aromatic carbocycles. The summed E-state index contributed by atoms with van der Waals surface area (Å²) in [5.41, 5.74) is 7.24. The molecule has 4 rings (SSSR count). The summed E-state index contributed by atoms with van der Waals surface area (Å²) in [6, 6.07) is 16.3. The average Bonchev–Trinajstić information content (AvgIpc) is 3.23. The van der Waals surface area contributed by atoms with Gasteiger partial charge in [-0.05, 0) is 66.5 Å². The first kappa shape index (κ1) is 12.2. The largest absolute Gasteiger partial charge is 0.310 e. The van der Waals surface area contributed by atoms with Crippen molar-refractivity contribution in [1.82, 2.24) is 5.32 Å². The van der Waals surface area contributed by atoms with Gasteiger partial charge in [-0.3, -0.25) is 0 Å².